The van der Waals surface area contributed by atoms with E-state index in [4.69, 9.17) is 12.2 Å². The predicted molar refractivity (Wildman–Crippen MR) is 112 cm³/mol. The van der Waals surface area contributed by atoms with Gasteiger partial charge < -0.3 is 20.0 Å². The Morgan fingerprint density at radius 3 is 2.16 bits per heavy atom. The van der Waals surface area contributed by atoms with Crippen molar-refractivity contribution in [1.82, 2.24) is 20.0 Å². The lowest BCUT2D eigenvalue weighted by atomic mass is 9.97. The van der Waals surface area contributed by atoms with Gasteiger partial charge in [0.15, 0.2) is 5.11 Å². The molecule has 0 amide bonds. The number of hydrogen-bond donors (Lipinski definition) is 1. The summed E-state index contributed by atoms with van der Waals surface area (Å²) in [6.45, 7) is 4.61. The summed E-state index contributed by atoms with van der Waals surface area (Å²) in [7, 11) is 6.55. The van der Waals surface area contributed by atoms with Crippen molar-refractivity contribution in [2.75, 3.05) is 47.3 Å². The predicted octanol–water partition coefficient (Wildman–Crippen LogP) is 3.32. The van der Waals surface area contributed by atoms with Gasteiger partial charge in [0.25, 0.3) is 0 Å². The summed E-state index contributed by atoms with van der Waals surface area (Å²) in [6, 6.07) is 1.21. The third-order valence-corrected chi connectivity index (χ3v) is 6.18. The van der Waals surface area contributed by atoms with Gasteiger partial charge in [-0.25, -0.2) is 0 Å². The second kappa shape index (κ2) is 11.3. The van der Waals surface area contributed by atoms with Crippen molar-refractivity contribution in [2.45, 2.75) is 76.3 Å². The Bertz CT molecular complexity index is 372. The number of thiocarbonyl (C=S) groups is 1. The summed E-state index contributed by atoms with van der Waals surface area (Å²) in [6.07, 6.45) is 13.2. The minimum Gasteiger partial charge on any atom is -0.360 e. The summed E-state index contributed by atoms with van der Waals surface area (Å²) in [5.41, 5.74) is 0. The molecule has 0 unspecified atom stereocenters. The molecule has 5 heteroatoms. The zero-order chi connectivity index (χ0) is 18.1. The van der Waals surface area contributed by atoms with Crippen LogP contribution in [0.2, 0.25) is 0 Å². The fraction of sp³-hybridized carbons (Fsp3) is 0.950. The summed E-state index contributed by atoms with van der Waals surface area (Å²) >= 11 is 5.91. The van der Waals surface area contributed by atoms with Gasteiger partial charge in [0, 0.05) is 18.6 Å². The Labute approximate surface area is 161 Å². The topological polar surface area (TPSA) is 21.8 Å². The fourth-order valence-electron chi connectivity index (χ4n) is 4.17. The molecule has 0 atom stereocenters. The van der Waals surface area contributed by atoms with Crippen molar-refractivity contribution in [3.8, 4) is 0 Å². The molecule has 2 rings (SSSR count). The van der Waals surface area contributed by atoms with E-state index in [1.165, 1.54) is 77.3 Å². The fourth-order valence-corrected chi connectivity index (χ4v) is 4.58. The van der Waals surface area contributed by atoms with Crippen molar-refractivity contribution in [1.29, 1.82) is 0 Å². The molecule has 1 aliphatic carbocycles. The maximum Gasteiger partial charge on any atom is 0.169 e. The van der Waals surface area contributed by atoms with E-state index in [1.54, 1.807) is 0 Å². The van der Waals surface area contributed by atoms with Crippen LogP contribution in [0.15, 0.2) is 0 Å². The molecule has 0 aromatic heterocycles. The molecule has 0 bridgehead atoms. The molecular formula is C20H40N4S. The first kappa shape index (κ1) is 20.9. The van der Waals surface area contributed by atoms with Crippen molar-refractivity contribution in [3.05, 3.63) is 0 Å². The van der Waals surface area contributed by atoms with Gasteiger partial charge in [-0.1, -0.05) is 32.1 Å². The molecular weight excluding hydrogens is 328 g/mol. The average molecular weight is 369 g/mol. The van der Waals surface area contributed by atoms with Crippen LogP contribution in [-0.2, 0) is 0 Å². The normalized spacial score (nSPS) is 21.8. The van der Waals surface area contributed by atoms with Crippen molar-refractivity contribution in [2.24, 2.45) is 0 Å². The number of piperidine rings is 1. The number of likely N-dealkylation sites (tertiary alicyclic amines) is 1. The number of nitrogens with one attached hydrogen (secondary N) is 1. The number of rotatable bonds is 6. The maximum absolute atomic E-state index is 5.91. The summed E-state index contributed by atoms with van der Waals surface area (Å²) in [5, 5.41) is 4.79. The third-order valence-electron chi connectivity index (χ3n) is 5.83. The first-order valence-electron chi connectivity index (χ1n) is 10.5. The monoisotopic (exact) mass is 368 g/mol. The molecule has 0 aromatic rings. The Balaban J connectivity index is 1.90. The maximum atomic E-state index is 5.91. The summed E-state index contributed by atoms with van der Waals surface area (Å²) < 4.78 is 0. The van der Waals surface area contributed by atoms with Crippen LogP contribution in [0.3, 0.4) is 0 Å². The molecule has 25 heavy (non-hydrogen) atoms. The third kappa shape index (κ3) is 7.79. The quantitative estimate of drug-likeness (QED) is 0.724. The molecule has 4 nitrogen and oxygen atoms in total. The van der Waals surface area contributed by atoms with Crippen LogP contribution >= 0.6 is 12.2 Å². The van der Waals surface area contributed by atoms with Gasteiger partial charge in [0.2, 0.25) is 0 Å². The second-order valence-electron chi connectivity index (χ2n) is 8.38. The van der Waals surface area contributed by atoms with E-state index < -0.39 is 0 Å². The first-order chi connectivity index (χ1) is 12.1. The van der Waals surface area contributed by atoms with E-state index in [0.29, 0.717) is 12.1 Å². The second-order valence-corrected chi connectivity index (χ2v) is 8.76. The molecule has 0 spiro atoms. The molecule has 0 aromatic carbocycles. The van der Waals surface area contributed by atoms with E-state index in [0.717, 1.165) is 18.2 Å². The van der Waals surface area contributed by atoms with Crippen molar-refractivity contribution >= 4 is 17.3 Å². The van der Waals surface area contributed by atoms with Gasteiger partial charge >= 0.3 is 0 Å². The molecule has 1 N–H and O–H groups in total. The largest absolute Gasteiger partial charge is 0.360 e. The number of nitrogens with zero attached hydrogens (tertiary/aromatic N) is 3. The molecule has 1 heterocycles. The minimum atomic E-state index is 0.593. The van der Waals surface area contributed by atoms with Crippen LogP contribution in [0.4, 0.5) is 0 Å². The standard InChI is InChI=1S/C20H40N4S/c1-22(2)14-9-15-24(19-12-16-23(3)17-13-19)20(25)21-18-10-7-5-4-6-8-11-18/h18-19H,4-17H2,1-3H3,(H,21,25). The molecule has 2 fully saturated rings. The highest BCUT2D eigenvalue weighted by Crippen LogP contribution is 2.20. The van der Waals surface area contributed by atoms with E-state index in [-0.39, 0.29) is 0 Å². The van der Waals surface area contributed by atoms with E-state index >= 15 is 0 Å². The highest BCUT2D eigenvalue weighted by molar-refractivity contribution is 7.80. The highest BCUT2D eigenvalue weighted by Gasteiger charge is 2.26. The summed E-state index contributed by atoms with van der Waals surface area (Å²) in [5.74, 6) is 0. The minimum absolute atomic E-state index is 0.593. The Morgan fingerprint density at radius 1 is 0.960 bits per heavy atom. The SMILES string of the molecule is CN(C)CCCN(C(=S)NC1CCCCCCC1)C1CCN(C)CC1. The summed E-state index contributed by atoms with van der Waals surface area (Å²) in [4.78, 5) is 7.25. The zero-order valence-corrected chi connectivity index (χ0v) is 17.6. The molecule has 1 aliphatic heterocycles. The van der Waals surface area contributed by atoms with E-state index in [1.807, 2.05) is 0 Å². The van der Waals surface area contributed by atoms with Crippen LogP contribution in [0.5, 0.6) is 0 Å². The Morgan fingerprint density at radius 2 is 1.56 bits per heavy atom. The molecule has 146 valence electrons. The van der Waals surface area contributed by atoms with Gasteiger partial charge in [-0.3, -0.25) is 0 Å². The van der Waals surface area contributed by atoms with Crippen LogP contribution in [-0.4, -0.2) is 79.2 Å². The molecule has 2 aliphatic rings. The Hall–Kier alpha value is -0.390. The van der Waals surface area contributed by atoms with Crippen molar-refractivity contribution in [3.63, 3.8) is 0 Å². The van der Waals surface area contributed by atoms with Gasteiger partial charge in [-0.05, 0) is 85.1 Å². The van der Waals surface area contributed by atoms with Gasteiger partial charge in [-0.2, -0.15) is 0 Å². The van der Waals surface area contributed by atoms with E-state index in [2.05, 4.69) is 41.2 Å². The Kier molecular flexibility index (Phi) is 9.50. The average Bonchev–Trinajstić information content (AvgIpc) is 2.55. The molecule has 1 saturated carbocycles. The van der Waals surface area contributed by atoms with Crippen LogP contribution in [0.1, 0.15) is 64.2 Å². The number of hydrogen-bond acceptors (Lipinski definition) is 3. The van der Waals surface area contributed by atoms with E-state index in [9.17, 15) is 0 Å². The zero-order valence-electron chi connectivity index (χ0n) is 16.8. The lowest BCUT2D eigenvalue weighted by Crippen LogP contribution is -2.52. The molecule has 1 saturated heterocycles. The van der Waals surface area contributed by atoms with Crippen LogP contribution in [0, 0.1) is 0 Å². The smallest absolute Gasteiger partial charge is 0.169 e. The van der Waals surface area contributed by atoms with Gasteiger partial charge in [0.05, 0.1) is 0 Å². The first-order valence-corrected chi connectivity index (χ1v) is 10.9. The lowest BCUT2D eigenvalue weighted by molar-refractivity contribution is 0.170. The van der Waals surface area contributed by atoms with Gasteiger partial charge in [-0.15, -0.1) is 0 Å². The molecule has 0 radical (unpaired) electrons. The van der Waals surface area contributed by atoms with Crippen LogP contribution in [0.25, 0.3) is 0 Å². The highest BCUT2D eigenvalue weighted by atomic mass is 32.1. The van der Waals surface area contributed by atoms with Crippen LogP contribution < -0.4 is 5.32 Å². The van der Waals surface area contributed by atoms with Crippen molar-refractivity contribution < 1.29 is 0 Å². The van der Waals surface area contributed by atoms with Gasteiger partial charge in [0.1, 0.15) is 0 Å². The lowest BCUT2D eigenvalue weighted by Gasteiger charge is -2.40.